The first-order chi connectivity index (χ1) is 16.2. The molecule has 0 spiro atoms. The third-order valence-corrected chi connectivity index (χ3v) is 6.89. The zero-order chi connectivity index (χ0) is 22.8. The van der Waals surface area contributed by atoms with Crippen molar-refractivity contribution in [1.29, 1.82) is 0 Å². The number of nitrogens with zero attached hydrogens (tertiary/aromatic N) is 2. The molecule has 1 aromatic heterocycles. The lowest BCUT2D eigenvalue weighted by Gasteiger charge is -2.32. The van der Waals surface area contributed by atoms with Crippen molar-refractivity contribution in [2.24, 2.45) is 0 Å². The van der Waals surface area contributed by atoms with Gasteiger partial charge in [-0.2, -0.15) is 0 Å². The molecule has 1 fully saturated rings. The molecule has 2 heterocycles. The lowest BCUT2D eigenvalue weighted by Crippen LogP contribution is -2.42. The predicted octanol–water partition coefficient (Wildman–Crippen LogP) is 5.54. The average molecular weight is 463 g/mol. The topological polar surface area (TPSA) is 60.9 Å². The molecule has 1 amide bonds. The molecule has 0 saturated carbocycles. The van der Waals surface area contributed by atoms with Gasteiger partial charge in [0.2, 0.25) is 0 Å². The van der Waals surface area contributed by atoms with E-state index >= 15 is 0 Å². The molecule has 1 aliphatic heterocycles. The van der Waals surface area contributed by atoms with Crippen molar-refractivity contribution in [3.8, 4) is 16.7 Å². The van der Waals surface area contributed by atoms with Gasteiger partial charge in [-0.25, -0.2) is 4.98 Å². The highest BCUT2D eigenvalue weighted by Gasteiger charge is 2.28. The lowest BCUT2D eigenvalue weighted by atomic mass is 10.0. The summed E-state index contributed by atoms with van der Waals surface area (Å²) in [5.41, 5.74) is 1.55. The Morgan fingerprint density at radius 1 is 1.12 bits per heavy atom. The molecule has 1 aliphatic rings. The van der Waals surface area contributed by atoms with Crippen LogP contribution in [-0.2, 0) is 0 Å². The summed E-state index contributed by atoms with van der Waals surface area (Å²) in [6.45, 7) is 3.72. The van der Waals surface area contributed by atoms with E-state index < -0.39 is 0 Å². The molecule has 0 N–H and O–H groups in total. The number of hydrogen-bond acceptors (Lipinski definition) is 6. The van der Waals surface area contributed by atoms with Gasteiger partial charge in [-0.05, 0) is 42.0 Å². The van der Waals surface area contributed by atoms with Crippen LogP contribution in [0.3, 0.4) is 0 Å². The monoisotopic (exact) mass is 462 g/mol. The van der Waals surface area contributed by atoms with Gasteiger partial charge in [0, 0.05) is 25.9 Å². The summed E-state index contributed by atoms with van der Waals surface area (Å²) < 4.78 is 18.3. The Morgan fingerprint density at radius 2 is 1.94 bits per heavy atom. The van der Waals surface area contributed by atoms with Gasteiger partial charge in [0.15, 0.2) is 0 Å². The number of methoxy groups -OCH3 is 1. The van der Waals surface area contributed by atoms with Gasteiger partial charge in [-0.3, -0.25) is 4.79 Å². The van der Waals surface area contributed by atoms with E-state index in [2.05, 4.69) is 4.98 Å². The molecular weight excluding hydrogens is 436 g/mol. The second-order valence-electron chi connectivity index (χ2n) is 8.02. The van der Waals surface area contributed by atoms with Gasteiger partial charge < -0.3 is 19.1 Å². The molecule has 0 bridgehead atoms. The first-order valence-electron chi connectivity index (χ1n) is 11.2. The Labute approximate surface area is 196 Å². The Bertz CT molecular complexity index is 1290. The first-order valence-corrected chi connectivity index (χ1v) is 12.0. The molecule has 170 valence electrons. The summed E-state index contributed by atoms with van der Waals surface area (Å²) in [6.07, 6.45) is 1.56. The first kappa shape index (κ1) is 21.5. The number of likely N-dealkylation sites (tertiary alicyclic amines) is 1. The summed E-state index contributed by atoms with van der Waals surface area (Å²) >= 11 is 1.52. The van der Waals surface area contributed by atoms with E-state index in [4.69, 9.17) is 14.2 Å². The number of amides is 1. The van der Waals surface area contributed by atoms with Crippen molar-refractivity contribution in [3.63, 3.8) is 0 Å². The maximum atomic E-state index is 13.5. The van der Waals surface area contributed by atoms with Crippen LogP contribution in [0.15, 0.2) is 54.6 Å². The number of piperidine rings is 1. The van der Waals surface area contributed by atoms with Crippen LogP contribution < -0.4 is 14.2 Å². The maximum Gasteiger partial charge on any atom is 0.274 e. The van der Waals surface area contributed by atoms with Crippen LogP contribution >= 0.6 is 11.3 Å². The van der Waals surface area contributed by atoms with Crippen LogP contribution in [0.4, 0.5) is 0 Å². The molecule has 33 heavy (non-hydrogen) atoms. The third-order valence-electron chi connectivity index (χ3n) is 5.98. The van der Waals surface area contributed by atoms with Crippen molar-refractivity contribution in [2.45, 2.75) is 25.9 Å². The van der Waals surface area contributed by atoms with E-state index in [1.54, 1.807) is 7.11 Å². The van der Waals surface area contributed by atoms with Gasteiger partial charge in [-0.15, -0.1) is 0 Å². The van der Waals surface area contributed by atoms with Crippen LogP contribution in [0, 0.1) is 0 Å². The van der Waals surface area contributed by atoms with E-state index in [0.717, 1.165) is 39.6 Å². The highest BCUT2D eigenvalue weighted by atomic mass is 32.1. The van der Waals surface area contributed by atoms with Crippen LogP contribution in [0.5, 0.6) is 16.7 Å². The number of aromatic nitrogens is 1. The Morgan fingerprint density at radius 3 is 2.73 bits per heavy atom. The quantitative estimate of drug-likeness (QED) is 0.376. The zero-order valence-corrected chi connectivity index (χ0v) is 19.6. The second-order valence-corrected chi connectivity index (χ2v) is 9.01. The van der Waals surface area contributed by atoms with Crippen molar-refractivity contribution in [3.05, 3.63) is 60.2 Å². The molecule has 1 saturated heterocycles. The normalized spacial score (nSPS) is 14.5. The van der Waals surface area contributed by atoms with Gasteiger partial charge in [0.25, 0.3) is 11.1 Å². The van der Waals surface area contributed by atoms with Crippen molar-refractivity contribution < 1.29 is 19.0 Å². The van der Waals surface area contributed by atoms with E-state index in [1.807, 2.05) is 66.4 Å². The summed E-state index contributed by atoms with van der Waals surface area (Å²) in [6, 6.07) is 17.7. The summed E-state index contributed by atoms with van der Waals surface area (Å²) in [5, 5.41) is 2.63. The minimum atomic E-state index is 0.0146. The van der Waals surface area contributed by atoms with Gasteiger partial charge in [0.1, 0.15) is 17.6 Å². The van der Waals surface area contributed by atoms with Gasteiger partial charge in [0.05, 0.1) is 29.5 Å². The van der Waals surface area contributed by atoms with E-state index in [1.165, 1.54) is 11.3 Å². The fourth-order valence-corrected chi connectivity index (χ4v) is 5.20. The van der Waals surface area contributed by atoms with Gasteiger partial charge in [-0.1, -0.05) is 41.7 Å². The van der Waals surface area contributed by atoms with E-state index in [0.29, 0.717) is 36.2 Å². The molecule has 0 unspecified atom stereocenters. The molecule has 7 heteroatoms. The summed E-state index contributed by atoms with van der Waals surface area (Å²) in [7, 11) is 1.66. The number of fused-ring (bicyclic) bond motifs is 2. The molecule has 4 aromatic rings. The molecule has 0 atom stereocenters. The number of ether oxygens (including phenoxy) is 3. The number of benzene rings is 3. The minimum absolute atomic E-state index is 0.0146. The number of rotatable bonds is 6. The Kier molecular flexibility index (Phi) is 6.05. The third kappa shape index (κ3) is 4.33. The van der Waals surface area contributed by atoms with Crippen molar-refractivity contribution in [2.75, 3.05) is 26.8 Å². The number of thiazole rings is 1. The SMILES string of the molecule is CCOc1ccc2ccccc2c1C(=O)N1CCC(Oc2nc3ccc(OC)cc3s2)CC1. The average Bonchev–Trinajstić information content (AvgIpc) is 3.25. The summed E-state index contributed by atoms with van der Waals surface area (Å²) in [4.78, 5) is 20.0. The van der Waals surface area contributed by atoms with Gasteiger partial charge >= 0.3 is 0 Å². The smallest absolute Gasteiger partial charge is 0.274 e. The Balaban J connectivity index is 1.29. The highest BCUT2D eigenvalue weighted by molar-refractivity contribution is 7.20. The van der Waals surface area contributed by atoms with E-state index in [-0.39, 0.29) is 12.0 Å². The number of hydrogen-bond donors (Lipinski definition) is 0. The molecule has 0 radical (unpaired) electrons. The standard InChI is InChI=1S/C26H26N2O4S/c1-3-31-22-11-8-17-6-4-5-7-20(17)24(22)25(29)28-14-12-18(13-15-28)32-26-27-21-10-9-19(30-2)16-23(21)33-26/h4-11,16,18H,3,12-15H2,1-2H3. The molecule has 0 aliphatic carbocycles. The fourth-order valence-electron chi connectivity index (χ4n) is 4.29. The minimum Gasteiger partial charge on any atom is -0.497 e. The van der Waals surface area contributed by atoms with Crippen LogP contribution in [0.1, 0.15) is 30.1 Å². The van der Waals surface area contributed by atoms with Crippen molar-refractivity contribution >= 4 is 38.2 Å². The van der Waals surface area contributed by atoms with Crippen LogP contribution in [-0.4, -0.2) is 48.7 Å². The predicted molar refractivity (Wildman–Crippen MR) is 131 cm³/mol. The maximum absolute atomic E-state index is 13.5. The largest absolute Gasteiger partial charge is 0.497 e. The fraction of sp³-hybridized carbons (Fsp3) is 0.308. The Hall–Kier alpha value is -3.32. The molecule has 6 nitrogen and oxygen atoms in total. The molecule has 5 rings (SSSR count). The number of carbonyl (C=O) groups excluding carboxylic acids is 1. The zero-order valence-electron chi connectivity index (χ0n) is 18.7. The lowest BCUT2D eigenvalue weighted by molar-refractivity contribution is 0.0594. The second kappa shape index (κ2) is 9.27. The molecule has 3 aromatic carbocycles. The van der Waals surface area contributed by atoms with Crippen molar-refractivity contribution in [1.82, 2.24) is 9.88 Å². The number of carbonyl (C=O) groups is 1. The molecular formula is C26H26N2O4S. The highest BCUT2D eigenvalue weighted by Crippen LogP contribution is 2.33. The summed E-state index contributed by atoms with van der Waals surface area (Å²) in [5.74, 6) is 1.47. The van der Waals surface area contributed by atoms with Crippen LogP contribution in [0.25, 0.3) is 21.0 Å². The van der Waals surface area contributed by atoms with Crippen LogP contribution in [0.2, 0.25) is 0 Å². The van der Waals surface area contributed by atoms with E-state index in [9.17, 15) is 4.79 Å².